The van der Waals surface area contributed by atoms with E-state index in [4.69, 9.17) is 4.42 Å². The van der Waals surface area contributed by atoms with Crippen LogP contribution in [0, 0.1) is 0 Å². The summed E-state index contributed by atoms with van der Waals surface area (Å²) >= 11 is 0. The smallest absolute Gasteiger partial charge is 0.295 e. The molecular formula is C13H17N3O. The molecule has 0 amide bonds. The number of fused-ring (bicyclic) bond motifs is 1. The molecule has 4 heteroatoms. The summed E-state index contributed by atoms with van der Waals surface area (Å²) in [4.78, 5) is 4.44. The molecule has 1 fully saturated rings. The topological polar surface area (TPSA) is 50.1 Å². The summed E-state index contributed by atoms with van der Waals surface area (Å²) in [6.45, 7) is 3.30. The number of oxazole rings is 1. The Labute approximate surface area is 100 Å². The number of rotatable bonds is 2. The highest BCUT2D eigenvalue weighted by Crippen LogP contribution is 2.21. The van der Waals surface area contributed by atoms with Crippen LogP contribution in [-0.2, 0) is 0 Å². The fourth-order valence-corrected chi connectivity index (χ4v) is 2.33. The monoisotopic (exact) mass is 231 g/mol. The molecule has 17 heavy (non-hydrogen) atoms. The molecule has 90 valence electrons. The van der Waals surface area contributed by atoms with Gasteiger partial charge in [-0.1, -0.05) is 12.1 Å². The van der Waals surface area contributed by atoms with Gasteiger partial charge in [-0.2, -0.15) is 4.98 Å². The van der Waals surface area contributed by atoms with Gasteiger partial charge in [-0.15, -0.1) is 0 Å². The van der Waals surface area contributed by atoms with Gasteiger partial charge in [0.15, 0.2) is 5.58 Å². The fraction of sp³-hybridized carbons (Fsp3) is 0.462. The second-order valence-electron chi connectivity index (χ2n) is 4.62. The van der Waals surface area contributed by atoms with Gasteiger partial charge in [0.2, 0.25) is 0 Å². The zero-order chi connectivity index (χ0) is 11.7. The summed E-state index contributed by atoms with van der Waals surface area (Å²) in [5.74, 6) is 0. The van der Waals surface area contributed by atoms with Crippen LogP contribution in [0.25, 0.3) is 11.1 Å². The van der Waals surface area contributed by atoms with Crippen molar-refractivity contribution in [2.75, 3.05) is 11.9 Å². The lowest BCUT2D eigenvalue weighted by Crippen LogP contribution is -2.46. The van der Waals surface area contributed by atoms with Crippen LogP contribution in [0.3, 0.4) is 0 Å². The van der Waals surface area contributed by atoms with E-state index in [0.717, 1.165) is 24.1 Å². The Hall–Kier alpha value is -1.55. The third-order valence-corrected chi connectivity index (χ3v) is 3.36. The van der Waals surface area contributed by atoms with Gasteiger partial charge in [-0.25, -0.2) is 0 Å². The Morgan fingerprint density at radius 3 is 3.12 bits per heavy atom. The second kappa shape index (κ2) is 4.37. The molecule has 0 bridgehead atoms. The first-order valence-electron chi connectivity index (χ1n) is 6.18. The molecular weight excluding hydrogens is 214 g/mol. The van der Waals surface area contributed by atoms with Gasteiger partial charge < -0.3 is 15.1 Å². The highest BCUT2D eigenvalue weighted by molar-refractivity contribution is 5.74. The number of hydrogen-bond donors (Lipinski definition) is 2. The Morgan fingerprint density at radius 1 is 1.41 bits per heavy atom. The van der Waals surface area contributed by atoms with Gasteiger partial charge in [0.25, 0.3) is 6.01 Å². The molecule has 1 saturated heterocycles. The Balaban J connectivity index is 1.79. The van der Waals surface area contributed by atoms with Crippen LogP contribution in [0.1, 0.15) is 19.8 Å². The molecule has 0 saturated carbocycles. The molecule has 2 atom stereocenters. The lowest BCUT2D eigenvalue weighted by atomic mass is 10.0. The second-order valence-corrected chi connectivity index (χ2v) is 4.62. The Kier molecular flexibility index (Phi) is 2.73. The highest BCUT2D eigenvalue weighted by Gasteiger charge is 2.22. The van der Waals surface area contributed by atoms with E-state index in [1.807, 2.05) is 24.3 Å². The largest absolute Gasteiger partial charge is 0.424 e. The van der Waals surface area contributed by atoms with Crippen molar-refractivity contribution in [3.05, 3.63) is 24.3 Å². The molecule has 1 aromatic heterocycles. The first-order valence-corrected chi connectivity index (χ1v) is 6.18. The number of nitrogens with zero attached hydrogens (tertiary/aromatic N) is 1. The van der Waals surface area contributed by atoms with E-state index in [-0.39, 0.29) is 0 Å². The summed E-state index contributed by atoms with van der Waals surface area (Å²) in [6, 6.07) is 9.33. The number of aromatic nitrogens is 1. The molecule has 4 nitrogen and oxygen atoms in total. The molecule has 1 aromatic carbocycles. The number of anilines is 1. The normalized spacial score (nSPS) is 25.0. The fourth-order valence-electron chi connectivity index (χ4n) is 2.33. The molecule has 2 heterocycles. The van der Waals surface area contributed by atoms with E-state index in [1.165, 1.54) is 6.42 Å². The van der Waals surface area contributed by atoms with Crippen LogP contribution in [0.2, 0.25) is 0 Å². The van der Waals surface area contributed by atoms with E-state index >= 15 is 0 Å². The molecule has 3 rings (SSSR count). The van der Waals surface area contributed by atoms with Gasteiger partial charge in [0, 0.05) is 12.1 Å². The first-order chi connectivity index (χ1) is 8.33. The van der Waals surface area contributed by atoms with E-state index < -0.39 is 0 Å². The van der Waals surface area contributed by atoms with Crippen molar-refractivity contribution in [3.63, 3.8) is 0 Å². The quantitative estimate of drug-likeness (QED) is 0.833. The van der Waals surface area contributed by atoms with E-state index in [2.05, 4.69) is 22.5 Å². The van der Waals surface area contributed by atoms with Crippen molar-refractivity contribution in [2.45, 2.75) is 31.8 Å². The minimum Gasteiger partial charge on any atom is -0.424 e. The van der Waals surface area contributed by atoms with Crippen molar-refractivity contribution < 1.29 is 4.42 Å². The van der Waals surface area contributed by atoms with Crippen LogP contribution in [0.15, 0.2) is 28.7 Å². The van der Waals surface area contributed by atoms with Crippen molar-refractivity contribution in [3.8, 4) is 0 Å². The number of hydrogen-bond acceptors (Lipinski definition) is 4. The van der Waals surface area contributed by atoms with Gasteiger partial charge >= 0.3 is 0 Å². The number of benzene rings is 1. The van der Waals surface area contributed by atoms with Crippen LogP contribution in [-0.4, -0.2) is 23.6 Å². The molecule has 1 aliphatic heterocycles. The maximum absolute atomic E-state index is 5.67. The third-order valence-electron chi connectivity index (χ3n) is 3.36. The number of para-hydroxylation sites is 2. The summed E-state index contributed by atoms with van der Waals surface area (Å²) in [6.07, 6.45) is 2.36. The number of piperidine rings is 1. The van der Waals surface area contributed by atoms with Crippen molar-refractivity contribution in [1.82, 2.24) is 10.3 Å². The average molecular weight is 231 g/mol. The Bertz CT molecular complexity index is 475. The van der Waals surface area contributed by atoms with Crippen LogP contribution in [0.5, 0.6) is 0 Å². The molecule has 0 radical (unpaired) electrons. The van der Waals surface area contributed by atoms with E-state index in [0.29, 0.717) is 18.1 Å². The summed E-state index contributed by atoms with van der Waals surface area (Å²) in [5.41, 5.74) is 1.75. The maximum Gasteiger partial charge on any atom is 0.295 e. The standard InChI is InChI=1S/C13H17N3O/c1-9-10(6-4-8-14-9)15-13-16-11-5-2-3-7-12(11)17-13/h2-3,5,7,9-10,14H,4,6,8H2,1H3,(H,15,16). The molecule has 2 aromatic rings. The van der Waals surface area contributed by atoms with Crippen LogP contribution in [0.4, 0.5) is 6.01 Å². The highest BCUT2D eigenvalue weighted by atomic mass is 16.4. The Morgan fingerprint density at radius 2 is 2.29 bits per heavy atom. The molecule has 2 unspecified atom stereocenters. The summed E-state index contributed by atoms with van der Waals surface area (Å²) in [7, 11) is 0. The lowest BCUT2D eigenvalue weighted by molar-refractivity contribution is 0.382. The molecule has 0 aliphatic carbocycles. The predicted molar refractivity (Wildman–Crippen MR) is 68.1 cm³/mol. The van der Waals surface area contributed by atoms with Gasteiger partial charge in [-0.05, 0) is 38.4 Å². The molecule has 2 N–H and O–H groups in total. The molecule has 0 spiro atoms. The maximum atomic E-state index is 5.67. The SMILES string of the molecule is CC1NCCCC1Nc1nc2ccccc2o1. The zero-order valence-corrected chi connectivity index (χ0v) is 9.94. The van der Waals surface area contributed by atoms with Gasteiger partial charge in [0.05, 0.1) is 0 Å². The summed E-state index contributed by atoms with van der Waals surface area (Å²) < 4.78 is 5.67. The predicted octanol–water partition coefficient (Wildman–Crippen LogP) is 2.38. The average Bonchev–Trinajstić information content (AvgIpc) is 2.74. The minimum atomic E-state index is 0.400. The van der Waals surface area contributed by atoms with E-state index in [1.54, 1.807) is 0 Å². The zero-order valence-electron chi connectivity index (χ0n) is 9.94. The lowest BCUT2D eigenvalue weighted by Gasteiger charge is -2.29. The van der Waals surface area contributed by atoms with Gasteiger partial charge in [0.1, 0.15) is 5.52 Å². The van der Waals surface area contributed by atoms with Crippen LogP contribution < -0.4 is 10.6 Å². The van der Waals surface area contributed by atoms with Crippen molar-refractivity contribution >= 4 is 17.1 Å². The van der Waals surface area contributed by atoms with Crippen molar-refractivity contribution in [1.29, 1.82) is 0 Å². The van der Waals surface area contributed by atoms with Crippen molar-refractivity contribution in [2.24, 2.45) is 0 Å². The van der Waals surface area contributed by atoms with Crippen LogP contribution >= 0.6 is 0 Å². The summed E-state index contributed by atoms with van der Waals surface area (Å²) in [5, 5.41) is 6.83. The first kappa shape index (κ1) is 10.6. The third kappa shape index (κ3) is 2.13. The van der Waals surface area contributed by atoms with Gasteiger partial charge in [-0.3, -0.25) is 0 Å². The minimum absolute atomic E-state index is 0.400. The number of nitrogens with one attached hydrogen (secondary N) is 2. The van der Waals surface area contributed by atoms with E-state index in [9.17, 15) is 0 Å². The molecule has 1 aliphatic rings.